The van der Waals surface area contributed by atoms with Gasteiger partial charge >= 0.3 is 0 Å². The second-order valence-corrected chi connectivity index (χ2v) is 4.46. The highest BCUT2D eigenvalue weighted by Gasteiger charge is 2.34. The Morgan fingerprint density at radius 2 is 2.00 bits per heavy atom. The maximum atomic E-state index is 11.4. The number of hydrogen-bond donors (Lipinski definition) is 1. The lowest BCUT2D eigenvalue weighted by Gasteiger charge is -2.23. The first kappa shape index (κ1) is 12.2. The number of imide groups is 1. The van der Waals surface area contributed by atoms with E-state index in [0.717, 1.165) is 6.29 Å². The lowest BCUT2D eigenvalue weighted by Crippen LogP contribution is -2.38. The van der Waals surface area contributed by atoms with Crippen molar-refractivity contribution in [3.8, 4) is 0 Å². The maximum absolute atomic E-state index is 11.4. The third-order valence-corrected chi connectivity index (χ3v) is 3.36. The molecule has 5 nitrogen and oxygen atoms in total. The average Bonchev–Trinajstić information content (AvgIpc) is 2.54. The molecule has 2 amide bonds. The van der Waals surface area contributed by atoms with Crippen molar-refractivity contribution in [1.82, 2.24) is 4.90 Å². The van der Waals surface area contributed by atoms with Crippen molar-refractivity contribution >= 4 is 29.9 Å². The summed E-state index contributed by atoms with van der Waals surface area (Å²) in [7, 11) is 0. The molecule has 1 atom stereocenters. The van der Waals surface area contributed by atoms with Crippen LogP contribution in [-0.2, 0) is 14.4 Å². The molecule has 1 aliphatic rings. The summed E-state index contributed by atoms with van der Waals surface area (Å²) in [6, 6.07) is 0. The predicted octanol–water partition coefficient (Wildman–Crippen LogP) is -0.258. The summed E-state index contributed by atoms with van der Waals surface area (Å²) >= 11 is 1.38. The first-order valence-corrected chi connectivity index (χ1v) is 5.85. The Kier molecular flexibility index (Phi) is 4.77. The van der Waals surface area contributed by atoms with E-state index < -0.39 is 0 Å². The number of hydrogen-bond acceptors (Lipinski definition) is 5. The zero-order chi connectivity index (χ0) is 11.3. The van der Waals surface area contributed by atoms with Gasteiger partial charge < -0.3 is 10.5 Å². The number of nitrogens with two attached hydrogens (primary N) is 1. The summed E-state index contributed by atoms with van der Waals surface area (Å²) in [4.78, 5) is 34.5. The molecule has 1 saturated heterocycles. The van der Waals surface area contributed by atoms with E-state index in [2.05, 4.69) is 0 Å². The first-order valence-electron chi connectivity index (χ1n) is 4.81. The molecule has 0 aliphatic carbocycles. The maximum Gasteiger partial charge on any atom is 0.230 e. The zero-order valence-corrected chi connectivity index (χ0v) is 9.16. The van der Waals surface area contributed by atoms with Crippen LogP contribution in [0.25, 0.3) is 0 Å². The highest BCUT2D eigenvalue weighted by atomic mass is 32.2. The molecule has 0 bridgehead atoms. The van der Waals surface area contributed by atoms with Crippen LogP contribution in [0.5, 0.6) is 0 Å². The van der Waals surface area contributed by atoms with Gasteiger partial charge in [-0.1, -0.05) is 0 Å². The van der Waals surface area contributed by atoms with Crippen LogP contribution in [0.4, 0.5) is 0 Å². The standard InChI is InChI=1S/C9H14N2O3S/c10-4-6-15-9(3-5-12)11-7(13)1-2-8(11)14/h5,9H,1-4,6,10H2. The molecule has 15 heavy (non-hydrogen) atoms. The van der Waals surface area contributed by atoms with Crippen molar-refractivity contribution in [2.45, 2.75) is 24.6 Å². The molecule has 1 heterocycles. The van der Waals surface area contributed by atoms with E-state index in [1.807, 2.05) is 0 Å². The lowest BCUT2D eigenvalue weighted by molar-refractivity contribution is -0.139. The Morgan fingerprint density at radius 1 is 1.40 bits per heavy atom. The van der Waals surface area contributed by atoms with E-state index in [9.17, 15) is 14.4 Å². The molecule has 0 saturated carbocycles. The van der Waals surface area contributed by atoms with Crippen LogP contribution < -0.4 is 5.73 Å². The van der Waals surface area contributed by atoms with Crippen molar-refractivity contribution in [2.75, 3.05) is 12.3 Å². The molecule has 1 fully saturated rings. The molecule has 84 valence electrons. The lowest BCUT2D eigenvalue weighted by atomic mass is 10.4. The number of amides is 2. The van der Waals surface area contributed by atoms with Gasteiger partial charge in [-0.3, -0.25) is 14.5 Å². The number of carbonyl (C=O) groups excluding carboxylic acids is 3. The van der Waals surface area contributed by atoms with Gasteiger partial charge in [0.1, 0.15) is 6.29 Å². The van der Waals surface area contributed by atoms with Crippen LogP contribution in [-0.4, -0.2) is 40.7 Å². The van der Waals surface area contributed by atoms with Gasteiger partial charge in [0.05, 0.1) is 5.37 Å². The van der Waals surface area contributed by atoms with E-state index in [1.54, 1.807) is 0 Å². The molecular formula is C9H14N2O3S. The number of thioether (sulfide) groups is 1. The van der Waals surface area contributed by atoms with Crippen LogP contribution in [0.15, 0.2) is 0 Å². The van der Waals surface area contributed by atoms with Gasteiger partial charge in [0.2, 0.25) is 11.8 Å². The largest absolute Gasteiger partial charge is 0.330 e. The molecule has 2 N–H and O–H groups in total. The molecule has 1 unspecified atom stereocenters. The van der Waals surface area contributed by atoms with Gasteiger partial charge in [0, 0.05) is 31.6 Å². The van der Waals surface area contributed by atoms with E-state index in [1.165, 1.54) is 16.7 Å². The fourth-order valence-electron chi connectivity index (χ4n) is 1.45. The fourth-order valence-corrected chi connectivity index (χ4v) is 2.46. The van der Waals surface area contributed by atoms with Crippen LogP contribution in [0, 0.1) is 0 Å². The van der Waals surface area contributed by atoms with Crippen molar-refractivity contribution in [3.63, 3.8) is 0 Å². The number of rotatable bonds is 6. The highest BCUT2D eigenvalue weighted by Crippen LogP contribution is 2.24. The Labute approximate surface area is 92.4 Å². The van der Waals surface area contributed by atoms with E-state index in [4.69, 9.17) is 5.73 Å². The Morgan fingerprint density at radius 3 is 2.47 bits per heavy atom. The van der Waals surface area contributed by atoms with E-state index in [0.29, 0.717) is 12.3 Å². The van der Waals surface area contributed by atoms with Gasteiger partial charge in [-0.25, -0.2) is 0 Å². The van der Waals surface area contributed by atoms with Gasteiger partial charge in [0.15, 0.2) is 0 Å². The highest BCUT2D eigenvalue weighted by molar-refractivity contribution is 7.99. The second kappa shape index (κ2) is 5.87. The minimum absolute atomic E-state index is 0.183. The minimum atomic E-state index is -0.367. The van der Waals surface area contributed by atoms with Crippen LogP contribution in [0.3, 0.4) is 0 Å². The summed E-state index contributed by atoms with van der Waals surface area (Å²) < 4.78 is 0. The second-order valence-electron chi connectivity index (χ2n) is 3.17. The summed E-state index contributed by atoms with van der Waals surface area (Å²) in [5, 5.41) is -0.367. The molecule has 0 spiro atoms. The van der Waals surface area contributed by atoms with Crippen molar-refractivity contribution in [1.29, 1.82) is 0 Å². The average molecular weight is 230 g/mol. The Bertz CT molecular complexity index is 254. The topological polar surface area (TPSA) is 80.5 Å². The predicted molar refractivity (Wildman–Crippen MR) is 57.1 cm³/mol. The molecule has 0 radical (unpaired) electrons. The van der Waals surface area contributed by atoms with Crippen LogP contribution in [0.1, 0.15) is 19.3 Å². The van der Waals surface area contributed by atoms with Crippen molar-refractivity contribution in [3.05, 3.63) is 0 Å². The quantitative estimate of drug-likeness (QED) is 0.502. The molecule has 0 aromatic heterocycles. The molecular weight excluding hydrogens is 216 g/mol. The third-order valence-electron chi connectivity index (χ3n) is 2.10. The summed E-state index contributed by atoms with van der Waals surface area (Å²) in [5.74, 6) is 0.267. The first-order chi connectivity index (χ1) is 7.20. The van der Waals surface area contributed by atoms with Gasteiger partial charge in [-0.15, -0.1) is 11.8 Å². The zero-order valence-electron chi connectivity index (χ0n) is 8.35. The van der Waals surface area contributed by atoms with Gasteiger partial charge in [-0.05, 0) is 0 Å². The fraction of sp³-hybridized carbons (Fsp3) is 0.667. The van der Waals surface area contributed by atoms with Crippen LogP contribution in [0.2, 0.25) is 0 Å². The molecule has 0 aromatic carbocycles. The van der Waals surface area contributed by atoms with E-state index in [-0.39, 0.29) is 36.5 Å². The molecule has 6 heteroatoms. The Hall–Kier alpha value is -0.880. The molecule has 1 aliphatic heterocycles. The van der Waals surface area contributed by atoms with Gasteiger partial charge in [0.25, 0.3) is 0 Å². The van der Waals surface area contributed by atoms with Crippen LogP contribution >= 0.6 is 11.8 Å². The SMILES string of the molecule is NCCSC(CC=O)N1C(=O)CCC1=O. The molecule has 0 aromatic rings. The summed E-state index contributed by atoms with van der Waals surface area (Å²) in [6.45, 7) is 0.468. The van der Waals surface area contributed by atoms with Crippen molar-refractivity contribution in [2.24, 2.45) is 5.73 Å². The third kappa shape index (κ3) is 3.04. The number of likely N-dealkylation sites (tertiary alicyclic amines) is 1. The van der Waals surface area contributed by atoms with Crippen molar-refractivity contribution < 1.29 is 14.4 Å². The minimum Gasteiger partial charge on any atom is -0.330 e. The summed E-state index contributed by atoms with van der Waals surface area (Å²) in [6.07, 6.45) is 1.43. The van der Waals surface area contributed by atoms with E-state index >= 15 is 0 Å². The smallest absolute Gasteiger partial charge is 0.230 e. The number of nitrogens with zero attached hydrogens (tertiary/aromatic N) is 1. The number of aldehydes is 1. The summed E-state index contributed by atoms with van der Waals surface area (Å²) in [5.41, 5.74) is 5.34. The Balaban J connectivity index is 2.64. The number of carbonyl (C=O) groups is 3. The normalized spacial score (nSPS) is 18.3. The molecule has 1 rings (SSSR count). The monoisotopic (exact) mass is 230 g/mol. The van der Waals surface area contributed by atoms with Gasteiger partial charge in [-0.2, -0.15) is 0 Å².